The summed E-state index contributed by atoms with van der Waals surface area (Å²) in [4.78, 5) is 0. The van der Waals surface area contributed by atoms with Crippen molar-refractivity contribution in [2.24, 2.45) is 17.6 Å². The maximum absolute atomic E-state index is 5.64. The van der Waals surface area contributed by atoms with Crippen molar-refractivity contribution < 1.29 is 0 Å². The van der Waals surface area contributed by atoms with Gasteiger partial charge in [0.15, 0.2) is 0 Å². The quantitative estimate of drug-likeness (QED) is 0.575. The van der Waals surface area contributed by atoms with E-state index >= 15 is 0 Å². The van der Waals surface area contributed by atoms with Crippen LogP contribution < -0.4 is 5.73 Å². The Hall–Kier alpha value is -0.0400. The zero-order chi connectivity index (χ0) is 6.15. The molecule has 0 aromatic carbocycles. The minimum atomic E-state index is 0.546. The average Bonchev–Trinajstić information content (AvgIpc) is 2.45. The Morgan fingerprint density at radius 1 is 1.75 bits per heavy atom. The topological polar surface area (TPSA) is 26.0 Å². The summed E-state index contributed by atoms with van der Waals surface area (Å²) in [5.41, 5.74) is 5.64. The van der Waals surface area contributed by atoms with Gasteiger partial charge in [0, 0.05) is 6.04 Å². The molecular formula is C7H15N. The third-order valence-corrected chi connectivity index (χ3v) is 2.27. The van der Waals surface area contributed by atoms with Gasteiger partial charge >= 0.3 is 0 Å². The third-order valence-electron chi connectivity index (χ3n) is 2.27. The van der Waals surface area contributed by atoms with E-state index in [0.717, 1.165) is 11.8 Å². The summed E-state index contributed by atoms with van der Waals surface area (Å²) >= 11 is 0. The minimum absolute atomic E-state index is 0.546. The molecule has 1 fully saturated rings. The van der Waals surface area contributed by atoms with Gasteiger partial charge in [0.05, 0.1) is 0 Å². The highest BCUT2D eigenvalue weighted by Gasteiger charge is 2.36. The fourth-order valence-corrected chi connectivity index (χ4v) is 1.19. The van der Waals surface area contributed by atoms with E-state index in [-0.39, 0.29) is 0 Å². The van der Waals surface area contributed by atoms with Crippen LogP contribution in [0.1, 0.15) is 26.7 Å². The van der Waals surface area contributed by atoms with Crippen LogP contribution in [0.3, 0.4) is 0 Å². The van der Waals surface area contributed by atoms with Gasteiger partial charge in [0.25, 0.3) is 0 Å². The van der Waals surface area contributed by atoms with Gasteiger partial charge in [0.1, 0.15) is 0 Å². The van der Waals surface area contributed by atoms with Crippen LogP contribution >= 0.6 is 0 Å². The Kier molecular flexibility index (Phi) is 1.57. The second kappa shape index (κ2) is 2.06. The van der Waals surface area contributed by atoms with Crippen molar-refractivity contribution >= 4 is 0 Å². The lowest BCUT2D eigenvalue weighted by molar-refractivity contribution is 0.481. The van der Waals surface area contributed by atoms with Crippen LogP contribution in [-0.4, -0.2) is 6.04 Å². The molecule has 0 aromatic rings. The molecule has 2 N–H and O–H groups in total. The van der Waals surface area contributed by atoms with E-state index in [1.807, 2.05) is 0 Å². The van der Waals surface area contributed by atoms with Gasteiger partial charge in [-0.25, -0.2) is 0 Å². The molecule has 0 saturated heterocycles. The fourth-order valence-electron chi connectivity index (χ4n) is 1.19. The lowest BCUT2D eigenvalue weighted by Crippen LogP contribution is -2.07. The van der Waals surface area contributed by atoms with Crippen LogP contribution in [0.5, 0.6) is 0 Å². The molecule has 0 radical (unpaired) electrons. The van der Waals surface area contributed by atoms with E-state index < -0.39 is 0 Å². The van der Waals surface area contributed by atoms with Crippen molar-refractivity contribution in [3.05, 3.63) is 0 Å². The second-order valence-electron chi connectivity index (χ2n) is 2.95. The van der Waals surface area contributed by atoms with Crippen LogP contribution in [0.15, 0.2) is 0 Å². The Balaban J connectivity index is 2.18. The molecule has 1 aliphatic carbocycles. The molecule has 1 heteroatoms. The highest BCUT2D eigenvalue weighted by Crippen LogP contribution is 2.36. The first-order chi connectivity index (χ1) is 3.75. The number of hydrogen-bond donors (Lipinski definition) is 1. The highest BCUT2D eigenvalue weighted by molar-refractivity contribution is 4.92. The molecule has 0 aliphatic heterocycles. The molecule has 0 heterocycles. The normalized spacial score (nSPS) is 39.4. The summed E-state index contributed by atoms with van der Waals surface area (Å²) in [6.07, 6.45) is 2.56. The van der Waals surface area contributed by atoms with Gasteiger partial charge in [-0.2, -0.15) is 0 Å². The molecule has 3 unspecified atom stereocenters. The van der Waals surface area contributed by atoms with E-state index in [0.29, 0.717) is 6.04 Å². The third kappa shape index (κ3) is 1.03. The molecular weight excluding hydrogens is 98.1 g/mol. The average molecular weight is 113 g/mol. The van der Waals surface area contributed by atoms with E-state index in [4.69, 9.17) is 5.73 Å². The van der Waals surface area contributed by atoms with Crippen molar-refractivity contribution in [3.8, 4) is 0 Å². The summed E-state index contributed by atoms with van der Waals surface area (Å²) in [6.45, 7) is 4.52. The lowest BCUT2D eigenvalue weighted by atomic mass is 10.0. The standard InChI is InChI=1S/C7H15N/c1-3-5(2)6-4-7(6)8/h5-7H,3-4,8H2,1-2H3. The Morgan fingerprint density at radius 3 is 2.38 bits per heavy atom. The van der Waals surface area contributed by atoms with Crippen LogP contribution in [0.4, 0.5) is 0 Å². The second-order valence-corrected chi connectivity index (χ2v) is 2.95. The Morgan fingerprint density at radius 2 is 2.25 bits per heavy atom. The number of hydrogen-bond acceptors (Lipinski definition) is 1. The molecule has 1 nitrogen and oxygen atoms in total. The highest BCUT2D eigenvalue weighted by atomic mass is 14.7. The largest absolute Gasteiger partial charge is 0.327 e. The van der Waals surface area contributed by atoms with Gasteiger partial charge in [0.2, 0.25) is 0 Å². The fraction of sp³-hybridized carbons (Fsp3) is 1.00. The summed E-state index contributed by atoms with van der Waals surface area (Å²) in [5.74, 6) is 1.73. The van der Waals surface area contributed by atoms with Crippen LogP contribution in [0.25, 0.3) is 0 Å². The molecule has 0 aromatic heterocycles. The van der Waals surface area contributed by atoms with Crippen molar-refractivity contribution in [1.82, 2.24) is 0 Å². The van der Waals surface area contributed by atoms with Crippen molar-refractivity contribution in [2.45, 2.75) is 32.7 Å². The smallest absolute Gasteiger partial charge is 0.00736 e. The SMILES string of the molecule is CCC(C)C1CC1N. The molecule has 0 bridgehead atoms. The predicted octanol–water partition coefficient (Wildman–Crippen LogP) is 1.38. The van der Waals surface area contributed by atoms with Gasteiger partial charge in [-0.15, -0.1) is 0 Å². The Labute approximate surface area is 51.3 Å². The minimum Gasteiger partial charge on any atom is -0.327 e. The Bertz CT molecular complexity index is 78.5. The summed E-state index contributed by atoms with van der Waals surface area (Å²) in [6, 6.07) is 0.546. The molecule has 1 aliphatic rings. The van der Waals surface area contributed by atoms with Crippen molar-refractivity contribution in [3.63, 3.8) is 0 Å². The van der Waals surface area contributed by atoms with Crippen molar-refractivity contribution in [1.29, 1.82) is 0 Å². The van der Waals surface area contributed by atoms with E-state index in [1.54, 1.807) is 0 Å². The number of nitrogens with two attached hydrogens (primary N) is 1. The van der Waals surface area contributed by atoms with E-state index in [2.05, 4.69) is 13.8 Å². The summed E-state index contributed by atoms with van der Waals surface area (Å²) in [7, 11) is 0. The monoisotopic (exact) mass is 113 g/mol. The van der Waals surface area contributed by atoms with Gasteiger partial charge in [-0.05, 0) is 18.3 Å². The first kappa shape index (κ1) is 6.09. The molecule has 8 heavy (non-hydrogen) atoms. The zero-order valence-corrected chi connectivity index (χ0v) is 5.72. The molecule has 1 rings (SSSR count). The number of rotatable bonds is 2. The molecule has 3 atom stereocenters. The summed E-state index contributed by atoms with van der Waals surface area (Å²) < 4.78 is 0. The van der Waals surface area contributed by atoms with Gasteiger partial charge in [-0.1, -0.05) is 20.3 Å². The van der Waals surface area contributed by atoms with E-state index in [9.17, 15) is 0 Å². The van der Waals surface area contributed by atoms with E-state index in [1.165, 1.54) is 12.8 Å². The lowest BCUT2D eigenvalue weighted by Gasteiger charge is -2.03. The maximum atomic E-state index is 5.64. The molecule has 48 valence electrons. The van der Waals surface area contributed by atoms with Crippen LogP contribution in [0, 0.1) is 11.8 Å². The zero-order valence-electron chi connectivity index (χ0n) is 5.72. The van der Waals surface area contributed by atoms with Crippen molar-refractivity contribution in [2.75, 3.05) is 0 Å². The molecule has 1 saturated carbocycles. The van der Waals surface area contributed by atoms with Crippen LogP contribution in [0.2, 0.25) is 0 Å². The first-order valence-corrected chi connectivity index (χ1v) is 3.51. The van der Waals surface area contributed by atoms with Crippen LogP contribution in [-0.2, 0) is 0 Å². The first-order valence-electron chi connectivity index (χ1n) is 3.51. The van der Waals surface area contributed by atoms with Gasteiger partial charge in [-0.3, -0.25) is 0 Å². The van der Waals surface area contributed by atoms with Gasteiger partial charge < -0.3 is 5.73 Å². The predicted molar refractivity (Wildman–Crippen MR) is 35.5 cm³/mol. The molecule has 0 amide bonds. The molecule has 0 spiro atoms. The summed E-state index contributed by atoms with van der Waals surface area (Å²) in [5, 5.41) is 0. The maximum Gasteiger partial charge on any atom is 0.00736 e.